The molecule has 104 valence electrons. The van der Waals surface area contributed by atoms with E-state index in [4.69, 9.17) is 4.42 Å². The predicted molar refractivity (Wildman–Crippen MR) is 76.7 cm³/mol. The number of unbranched alkanes of at least 4 members (excludes halogenated alkanes) is 1. The third kappa shape index (κ3) is 5.54. The number of aliphatic hydroxyl groups is 1. The molecule has 0 aliphatic carbocycles. The Labute approximate surface area is 133 Å². The van der Waals surface area contributed by atoms with Gasteiger partial charge in [-0.2, -0.15) is 6.42 Å². The summed E-state index contributed by atoms with van der Waals surface area (Å²) in [5, 5.41) is 10.1. The van der Waals surface area contributed by atoms with Gasteiger partial charge in [0.15, 0.2) is 12.2 Å². The third-order valence-electron chi connectivity index (χ3n) is 2.74. The summed E-state index contributed by atoms with van der Waals surface area (Å²) in [6.07, 6.45) is 2.90. The maximum Gasteiger partial charge on any atom is 1.00 e. The Balaban J connectivity index is 0.000000644. The van der Waals surface area contributed by atoms with E-state index in [2.05, 4.69) is 18.8 Å². The van der Waals surface area contributed by atoms with Crippen LogP contribution in [0.1, 0.15) is 48.5 Å². The van der Waals surface area contributed by atoms with Gasteiger partial charge >= 0.3 is 18.9 Å². The zero-order valence-electron chi connectivity index (χ0n) is 12.9. The van der Waals surface area contributed by atoms with Crippen molar-refractivity contribution in [3.63, 3.8) is 0 Å². The van der Waals surface area contributed by atoms with Crippen LogP contribution in [0.4, 0.5) is 0 Å². The van der Waals surface area contributed by atoms with Crippen LogP contribution in [0.5, 0.6) is 0 Å². The number of nitrogens with zero attached hydrogens (tertiary/aromatic N) is 1. The van der Waals surface area contributed by atoms with E-state index in [0.29, 0.717) is 5.76 Å². The molecule has 20 heavy (non-hydrogen) atoms. The first-order valence-electron chi connectivity index (χ1n) is 6.54. The van der Waals surface area contributed by atoms with E-state index in [0.717, 1.165) is 23.2 Å². The van der Waals surface area contributed by atoms with Gasteiger partial charge < -0.3 is 16.4 Å². The zero-order chi connectivity index (χ0) is 14.3. The van der Waals surface area contributed by atoms with Crippen LogP contribution >= 0.6 is 0 Å². The second kappa shape index (κ2) is 9.82. The summed E-state index contributed by atoms with van der Waals surface area (Å²) < 4.78 is 5.16. The minimum atomic E-state index is -0.729. The minimum Gasteiger partial charge on any atom is -0.445 e. The Morgan fingerprint density at radius 3 is 2.45 bits per heavy atom. The third-order valence-corrected chi connectivity index (χ3v) is 2.74. The van der Waals surface area contributed by atoms with Crippen molar-refractivity contribution in [1.82, 2.24) is 4.98 Å². The van der Waals surface area contributed by atoms with Crippen LogP contribution in [-0.2, 0) is 0 Å². The van der Waals surface area contributed by atoms with Crippen molar-refractivity contribution in [3.8, 4) is 0 Å². The summed E-state index contributed by atoms with van der Waals surface area (Å²) in [6, 6.07) is 7.72. The zero-order valence-corrected chi connectivity index (χ0v) is 12.9. The summed E-state index contributed by atoms with van der Waals surface area (Å²) in [5.41, 5.74) is 2.67. The van der Waals surface area contributed by atoms with Crippen molar-refractivity contribution in [3.05, 3.63) is 60.2 Å². The molecule has 1 atom stereocenters. The SMILES string of the molecule is Cc1cccc(C(O)c2ocnc2C)c1.[CH2-]CCC.[Li+]. The predicted octanol–water partition coefficient (Wildman–Crippen LogP) is 0.998. The largest absolute Gasteiger partial charge is 1.00 e. The van der Waals surface area contributed by atoms with Gasteiger partial charge in [-0.15, -0.1) is 0 Å². The molecular formula is C16H22LiNO2. The fraction of sp³-hybridized carbons (Fsp3) is 0.375. The average Bonchev–Trinajstić information content (AvgIpc) is 2.84. The molecule has 0 aliphatic heterocycles. The van der Waals surface area contributed by atoms with Gasteiger partial charge in [0.1, 0.15) is 6.10 Å². The molecule has 0 amide bonds. The fourth-order valence-corrected chi connectivity index (χ4v) is 1.56. The van der Waals surface area contributed by atoms with Crippen LogP contribution in [0.25, 0.3) is 0 Å². The van der Waals surface area contributed by atoms with Crippen LogP contribution in [0.2, 0.25) is 0 Å². The van der Waals surface area contributed by atoms with Gasteiger partial charge in [0.05, 0.1) is 5.69 Å². The van der Waals surface area contributed by atoms with Crippen molar-refractivity contribution >= 4 is 0 Å². The molecule has 0 fully saturated rings. The van der Waals surface area contributed by atoms with Crippen molar-refractivity contribution in [1.29, 1.82) is 0 Å². The molecule has 0 saturated carbocycles. The Hall–Kier alpha value is -1.01. The number of aromatic nitrogens is 1. The monoisotopic (exact) mass is 267 g/mol. The van der Waals surface area contributed by atoms with Crippen molar-refractivity contribution in [2.24, 2.45) is 0 Å². The summed E-state index contributed by atoms with van der Waals surface area (Å²) in [7, 11) is 0. The van der Waals surface area contributed by atoms with E-state index in [1.807, 2.05) is 38.1 Å². The Bertz CT molecular complexity index is 495. The summed E-state index contributed by atoms with van der Waals surface area (Å²) in [4.78, 5) is 3.96. The Kier molecular flexibility index (Phi) is 9.33. The van der Waals surface area contributed by atoms with Gasteiger partial charge in [-0.1, -0.05) is 43.2 Å². The standard InChI is InChI=1S/C12H13NO2.C4H9.Li/c1-8-4-3-5-10(6-8)11(14)12-9(2)13-7-15-12;1-3-4-2;/h3-7,11,14H,1-2H3;1,3-4H2,2H3;/q;-1;+1. The molecule has 4 heteroatoms. The van der Waals surface area contributed by atoms with Gasteiger partial charge in [0.2, 0.25) is 0 Å². The molecule has 1 unspecified atom stereocenters. The van der Waals surface area contributed by atoms with E-state index in [9.17, 15) is 5.11 Å². The second-order valence-electron chi connectivity index (χ2n) is 4.47. The van der Waals surface area contributed by atoms with Gasteiger partial charge in [0.25, 0.3) is 0 Å². The molecule has 0 bridgehead atoms. The number of aliphatic hydroxyl groups excluding tert-OH is 1. The van der Waals surface area contributed by atoms with Gasteiger partial charge in [-0.05, 0) is 19.4 Å². The molecule has 3 nitrogen and oxygen atoms in total. The summed E-state index contributed by atoms with van der Waals surface area (Å²) >= 11 is 0. The van der Waals surface area contributed by atoms with Crippen LogP contribution in [0, 0.1) is 20.8 Å². The molecule has 0 aliphatic rings. The normalized spacial score (nSPS) is 11.1. The molecule has 0 radical (unpaired) electrons. The number of aryl methyl sites for hydroxylation is 2. The summed E-state index contributed by atoms with van der Waals surface area (Å²) in [5.74, 6) is 0.514. The van der Waals surface area contributed by atoms with E-state index < -0.39 is 6.10 Å². The van der Waals surface area contributed by atoms with Crippen molar-refractivity contribution in [2.75, 3.05) is 0 Å². The molecule has 1 N–H and O–H groups in total. The first-order chi connectivity index (χ1) is 9.10. The number of hydrogen-bond acceptors (Lipinski definition) is 3. The first kappa shape index (κ1) is 19.0. The molecule has 0 spiro atoms. The van der Waals surface area contributed by atoms with E-state index >= 15 is 0 Å². The van der Waals surface area contributed by atoms with Gasteiger partial charge in [-0.3, -0.25) is 0 Å². The van der Waals surface area contributed by atoms with Crippen LogP contribution in [0.15, 0.2) is 35.1 Å². The topological polar surface area (TPSA) is 46.3 Å². The number of benzene rings is 1. The fourth-order valence-electron chi connectivity index (χ4n) is 1.56. The van der Waals surface area contributed by atoms with Crippen molar-refractivity contribution in [2.45, 2.75) is 39.7 Å². The van der Waals surface area contributed by atoms with Crippen molar-refractivity contribution < 1.29 is 28.4 Å². The molecule has 0 saturated heterocycles. The van der Waals surface area contributed by atoms with Crippen LogP contribution in [0.3, 0.4) is 0 Å². The Morgan fingerprint density at radius 1 is 1.35 bits per heavy atom. The van der Waals surface area contributed by atoms with Gasteiger partial charge in [0, 0.05) is 0 Å². The number of hydrogen-bond donors (Lipinski definition) is 1. The van der Waals surface area contributed by atoms with Gasteiger partial charge in [-0.25, -0.2) is 4.98 Å². The molecule has 1 aromatic carbocycles. The van der Waals surface area contributed by atoms with E-state index in [1.165, 1.54) is 12.8 Å². The van der Waals surface area contributed by atoms with E-state index in [1.54, 1.807) is 0 Å². The Morgan fingerprint density at radius 2 is 2.00 bits per heavy atom. The maximum absolute atomic E-state index is 10.1. The quantitative estimate of drug-likeness (QED) is 0.666. The van der Waals surface area contributed by atoms with Crippen LogP contribution < -0.4 is 18.9 Å². The first-order valence-corrected chi connectivity index (χ1v) is 6.54. The molecule has 2 aromatic rings. The van der Waals surface area contributed by atoms with E-state index in [-0.39, 0.29) is 18.9 Å². The maximum atomic E-state index is 10.1. The van der Waals surface area contributed by atoms with Crippen LogP contribution in [-0.4, -0.2) is 10.1 Å². The molecule has 1 heterocycles. The second-order valence-corrected chi connectivity index (χ2v) is 4.47. The summed E-state index contributed by atoms with van der Waals surface area (Å²) in [6.45, 7) is 9.53. The number of oxazole rings is 1. The molecule has 2 rings (SSSR count). The average molecular weight is 267 g/mol. The minimum absolute atomic E-state index is 0. The number of rotatable bonds is 3. The smallest absolute Gasteiger partial charge is 0.445 e. The molecule has 1 aromatic heterocycles. The molecular weight excluding hydrogens is 245 g/mol.